The van der Waals surface area contributed by atoms with Crippen LogP contribution in [0.1, 0.15) is 39.5 Å². The smallest absolute Gasteiger partial charge is 0.138 e. The van der Waals surface area contributed by atoms with Crippen molar-refractivity contribution in [3.8, 4) is 23.6 Å². The van der Waals surface area contributed by atoms with E-state index in [1.165, 1.54) is 6.07 Å². The quantitative estimate of drug-likeness (QED) is 0.577. The summed E-state index contributed by atoms with van der Waals surface area (Å²) in [6.07, 6.45) is 7.79. The van der Waals surface area contributed by atoms with Gasteiger partial charge in [-0.15, -0.1) is 13.0 Å². The maximum Gasteiger partial charge on any atom is 0.138 e. The molecule has 0 saturated heterocycles. The summed E-state index contributed by atoms with van der Waals surface area (Å²) in [6, 6.07) is 6.67. The molecule has 1 aromatic heterocycles. The lowest BCUT2D eigenvalue weighted by Crippen LogP contribution is -2.01. The van der Waals surface area contributed by atoms with Gasteiger partial charge in [0.2, 0.25) is 0 Å². The fourth-order valence-corrected chi connectivity index (χ4v) is 1.92. The summed E-state index contributed by atoms with van der Waals surface area (Å²) in [7, 11) is 3.81. The van der Waals surface area contributed by atoms with Gasteiger partial charge in [-0.2, -0.15) is 5.10 Å². The second kappa shape index (κ2) is 14.5. The number of halogens is 1. The topological polar surface area (TPSA) is 29.9 Å². The summed E-state index contributed by atoms with van der Waals surface area (Å²) in [5.74, 6) is 1.95. The molecule has 1 aromatic carbocycles. The molecule has 3 nitrogen and oxygen atoms in total. The van der Waals surface area contributed by atoms with E-state index in [0.29, 0.717) is 0 Å². The van der Waals surface area contributed by atoms with Crippen molar-refractivity contribution >= 4 is 0 Å². The number of aryl methyl sites for hydroxylation is 1. The van der Waals surface area contributed by atoms with Gasteiger partial charge in [0.25, 0.3) is 0 Å². The molecule has 0 aliphatic heterocycles. The van der Waals surface area contributed by atoms with Gasteiger partial charge in [-0.05, 0) is 51.7 Å². The number of hydrogen-bond donors (Lipinski definition) is 1. The molecule has 2 rings (SSSR count). The predicted octanol–water partition coefficient (Wildman–Crippen LogP) is 5.38. The fourth-order valence-electron chi connectivity index (χ4n) is 1.92. The third-order valence-electron chi connectivity index (χ3n) is 3.23. The Balaban J connectivity index is 0. The number of rotatable bonds is 4. The highest BCUT2D eigenvalue weighted by Crippen LogP contribution is 2.22. The first-order valence-electron chi connectivity index (χ1n) is 8.49. The van der Waals surface area contributed by atoms with Crippen molar-refractivity contribution in [3.05, 3.63) is 66.1 Å². The maximum absolute atomic E-state index is 13.4. The molecular formula is C23H34FN3. The van der Waals surface area contributed by atoms with E-state index in [-0.39, 0.29) is 18.8 Å². The molecule has 0 fully saturated rings. The predicted molar refractivity (Wildman–Crippen MR) is 117 cm³/mol. The molecule has 2 aromatic rings. The first-order chi connectivity index (χ1) is 12.3. The number of benzene rings is 1. The van der Waals surface area contributed by atoms with Crippen molar-refractivity contribution < 1.29 is 4.39 Å². The van der Waals surface area contributed by atoms with Crippen LogP contribution in [0.3, 0.4) is 0 Å². The van der Waals surface area contributed by atoms with E-state index in [1.807, 2.05) is 38.7 Å². The summed E-state index contributed by atoms with van der Waals surface area (Å²) in [6.45, 7) is 14.3. The Hall–Kier alpha value is -2.64. The van der Waals surface area contributed by atoms with E-state index in [2.05, 4.69) is 36.4 Å². The van der Waals surface area contributed by atoms with Gasteiger partial charge >= 0.3 is 0 Å². The number of terminal acetylenes is 1. The molecule has 1 N–H and O–H groups in total. The van der Waals surface area contributed by atoms with Crippen LogP contribution in [-0.2, 0) is 13.5 Å². The van der Waals surface area contributed by atoms with Crippen molar-refractivity contribution in [2.75, 3.05) is 13.6 Å². The van der Waals surface area contributed by atoms with Crippen molar-refractivity contribution in [1.29, 1.82) is 0 Å². The Bertz CT molecular complexity index is 749. The molecule has 0 radical (unpaired) electrons. The lowest BCUT2D eigenvalue weighted by atomic mass is 10.1. The van der Waals surface area contributed by atoms with Gasteiger partial charge in [-0.25, -0.2) is 4.39 Å². The third-order valence-corrected chi connectivity index (χ3v) is 3.23. The lowest BCUT2D eigenvalue weighted by Gasteiger charge is -1.99. The molecule has 148 valence electrons. The molecule has 0 bridgehead atoms. The van der Waals surface area contributed by atoms with Crippen LogP contribution < -0.4 is 5.32 Å². The van der Waals surface area contributed by atoms with Crippen molar-refractivity contribution in [2.45, 2.75) is 34.6 Å². The van der Waals surface area contributed by atoms with Gasteiger partial charge in [-0.1, -0.05) is 38.5 Å². The highest BCUT2D eigenvalue weighted by molar-refractivity contribution is 5.62. The zero-order valence-electron chi connectivity index (χ0n) is 16.6. The van der Waals surface area contributed by atoms with Gasteiger partial charge in [0.1, 0.15) is 5.82 Å². The van der Waals surface area contributed by atoms with E-state index < -0.39 is 0 Å². The minimum absolute atomic E-state index is 0. The van der Waals surface area contributed by atoms with E-state index >= 15 is 0 Å². The molecular weight excluding hydrogens is 337 g/mol. The highest BCUT2D eigenvalue weighted by Gasteiger charge is 2.09. The van der Waals surface area contributed by atoms with Gasteiger partial charge in [0.05, 0.1) is 11.3 Å². The molecule has 0 spiro atoms. The van der Waals surface area contributed by atoms with Crippen LogP contribution in [0, 0.1) is 18.2 Å². The SMILES string of the molecule is C.C#Cc1cc(-c2cc(CC(=C)C)n(C)n2)ccc1F.C=CC.CCNC. The minimum atomic E-state index is -0.385. The Morgan fingerprint density at radius 3 is 2.41 bits per heavy atom. The zero-order valence-corrected chi connectivity index (χ0v) is 16.6. The van der Waals surface area contributed by atoms with Crippen molar-refractivity contribution in [1.82, 2.24) is 15.1 Å². The zero-order chi connectivity index (χ0) is 20.1. The van der Waals surface area contributed by atoms with Crippen LogP contribution in [0.25, 0.3) is 11.3 Å². The van der Waals surface area contributed by atoms with Gasteiger partial charge in [0.15, 0.2) is 0 Å². The normalized spacial score (nSPS) is 8.78. The largest absolute Gasteiger partial charge is 0.320 e. The second-order valence-electron chi connectivity index (χ2n) is 5.73. The van der Waals surface area contributed by atoms with Crippen LogP contribution in [-0.4, -0.2) is 23.4 Å². The van der Waals surface area contributed by atoms with E-state index in [1.54, 1.807) is 18.2 Å². The minimum Gasteiger partial charge on any atom is -0.320 e. The first kappa shape index (κ1) is 26.6. The van der Waals surface area contributed by atoms with Crippen LogP contribution in [0.5, 0.6) is 0 Å². The van der Waals surface area contributed by atoms with E-state index in [9.17, 15) is 4.39 Å². The van der Waals surface area contributed by atoms with Gasteiger partial charge in [0, 0.05) is 24.7 Å². The average molecular weight is 372 g/mol. The molecule has 0 saturated carbocycles. The first-order valence-corrected chi connectivity index (χ1v) is 8.49. The fraction of sp³-hybridized carbons (Fsp3) is 0.348. The monoisotopic (exact) mass is 371 g/mol. The van der Waals surface area contributed by atoms with Crippen LogP contribution >= 0.6 is 0 Å². The van der Waals surface area contributed by atoms with Crippen LogP contribution in [0.2, 0.25) is 0 Å². The molecule has 0 aliphatic carbocycles. The third kappa shape index (κ3) is 9.58. The Kier molecular flexibility index (Phi) is 14.3. The maximum atomic E-state index is 13.4. The Labute approximate surface area is 165 Å². The van der Waals surface area contributed by atoms with Crippen molar-refractivity contribution in [2.24, 2.45) is 7.05 Å². The molecule has 27 heavy (non-hydrogen) atoms. The molecule has 1 heterocycles. The summed E-state index contributed by atoms with van der Waals surface area (Å²) >= 11 is 0. The van der Waals surface area contributed by atoms with E-state index in [4.69, 9.17) is 6.42 Å². The summed E-state index contributed by atoms with van der Waals surface area (Å²) in [5, 5.41) is 7.35. The highest BCUT2D eigenvalue weighted by atomic mass is 19.1. The number of aromatic nitrogens is 2. The standard InChI is InChI=1S/C16H15FN2.C3H9N.C3H6.CH4/c1-5-12-9-13(6-7-15(12)17)16-10-14(8-11(2)3)19(4)18-16;1-3-4-2;1-3-2;/h1,6-7,9-10H,2,8H2,3-4H3;4H,3H2,1-2H3;3H,1H2,2H3;1H4. The summed E-state index contributed by atoms with van der Waals surface area (Å²) < 4.78 is 15.2. The number of nitrogens with zero attached hydrogens (tertiary/aromatic N) is 2. The number of hydrogen-bond acceptors (Lipinski definition) is 2. The summed E-state index contributed by atoms with van der Waals surface area (Å²) in [4.78, 5) is 0. The van der Waals surface area contributed by atoms with Gasteiger partial charge in [-0.3, -0.25) is 4.68 Å². The lowest BCUT2D eigenvalue weighted by molar-refractivity contribution is 0.624. The second-order valence-corrected chi connectivity index (χ2v) is 5.73. The molecule has 4 heteroatoms. The molecule has 0 atom stereocenters. The van der Waals surface area contributed by atoms with Crippen LogP contribution in [0.15, 0.2) is 49.1 Å². The Morgan fingerprint density at radius 1 is 1.41 bits per heavy atom. The van der Waals surface area contributed by atoms with E-state index in [0.717, 1.165) is 35.5 Å². The van der Waals surface area contributed by atoms with Gasteiger partial charge < -0.3 is 5.32 Å². The van der Waals surface area contributed by atoms with Crippen molar-refractivity contribution in [3.63, 3.8) is 0 Å². The average Bonchev–Trinajstić information content (AvgIpc) is 2.96. The Morgan fingerprint density at radius 2 is 1.96 bits per heavy atom. The number of nitrogens with one attached hydrogen (secondary N) is 1. The summed E-state index contributed by atoms with van der Waals surface area (Å²) in [5.41, 5.74) is 3.99. The molecule has 0 amide bonds. The van der Waals surface area contributed by atoms with Crippen LogP contribution in [0.4, 0.5) is 4.39 Å². The molecule has 0 unspecified atom stereocenters. The molecule has 0 aliphatic rings. The number of allylic oxidation sites excluding steroid dienone is 2.